The summed E-state index contributed by atoms with van der Waals surface area (Å²) in [6.07, 6.45) is 0.823. The van der Waals surface area contributed by atoms with Crippen molar-refractivity contribution in [2.75, 3.05) is 32.2 Å². The van der Waals surface area contributed by atoms with Gasteiger partial charge in [0.05, 0.1) is 20.1 Å². The molecule has 2 unspecified atom stereocenters. The summed E-state index contributed by atoms with van der Waals surface area (Å²) in [6.45, 7) is 0.724. The van der Waals surface area contributed by atoms with Gasteiger partial charge in [0, 0.05) is 36.1 Å². The van der Waals surface area contributed by atoms with Crippen molar-refractivity contribution >= 4 is 34.8 Å². The third kappa shape index (κ3) is 3.48. The van der Waals surface area contributed by atoms with E-state index in [1.54, 1.807) is 40.4 Å². The lowest BCUT2D eigenvalue weighted by molar-refractivity contribution is -0.155. The van der Waals surface area contributed by atoms with Crippen LogP contribution in [0.25, 0.3) is 0 Å². The van der Waals surface area contributed by atoms with Crippen LogP contribution in [0.15, 0.2) is 35.7 Å². The number of amides is 2. The Morgan fingerprint density at radius 3 is 2.79 bits per heavy atom. The van der Waals surface area contributed by atoms with Crippen molar-refractivity contribution in [3.63, 3.8) is 0 Å². The van der Waals surface area contributed by atoms with Crippen LogP contribution in [0.5, 0.6) is 5.75 Å². The molecular formula is C21H22N2O5S. The van der Waals surface area contributed by atoms with Gasteiger partial charge in [-0.1, -0.05) is 6.07 Å². The highest BCUT2D eigenvalue weighted by Gasteiger charge is 2.43. The molecule has 1 aromatic heterocycles. The Kier molecular flexibility index (Phi) is 5.27. The van der Waals surface area contributed by atoms with Gasteiger partial charge in [-0.2, -0.15) is 0 Å². The van der Waals surface area contributed by atoms with Gasteiger partial charge in [-0.25, -0.2) is 4.79 Å². The minimum absolute atomic E-state index is 0.112. The molecular weight excluding hydrogens is 392 g/mol. The fraction of sp³-hybridized carbons (Fsp3) is 0.381. The molecule has 2 atom stereocenters. The number of ether oxygens (including phenoxy) is 2. The van der Waals surface area contributed by atoms with Crippen LogP contribution < -0.4 is 9.64 Å². The smallest absolute Gasteiger partial charge is 0.333 e. The molecule has 2 aliphatic rings. The second-order valence-electron chi connectivity index (χ2n) is 7.11. The normalized spacial score (nSPS) is 21.1. The molecule has 7 nitrogen and oxygen atoms in total. The van der Waals surface area contributed by atoms with Crippen LogP contribution >= 0.6 is 11.3 Å². The number of esters is 1. The van der Waals surface area contributed by atoms with Crippen LogP contribution in [0.3, 0.4) is 0 Å². The second-order valence-corrected chi connectivity index (χ2v) is 8.11. The number of anilines is 1. The van der Waals surface area contributed by atoms with Crippen molar-refractivity contribution in [1.82, 2.24) is 4.90 Å². The zero-order chi connectivity index (χ0) is 20.5. The molecule has 1 fully saturated rings. The van der Waals surface area contributed by atoms with E-state index in [2.05, 4.69) is 0 Å². The lowest BCUT2D eigenvalue weighted by Gasteiger charge is -2.35. The molecule has 3 heterocycles. The Morgan fingerprint density at radius 2 is 2.03 bits per heavy atom. The molecule has 2 aromatic rings. The summed E-state index contributed by atoms with van der Waals surface area (Å²) in [5.74, 6) is -0.597. The van der Waals surface area contributed by atoms with Gasteiger partial charge in [-0.15, -0.1) is 11.3 Å². The summed E-state index contributed by atoms with van der Waals surface area (Å²) in [5, 5.41) is 1.93. The van der Waals surface area contributed by atoms with Crippen molar-refractivity contribution in [3.8, 4) is 5.75 Å². The van der Waals surface area contributed by atoms with Gasteiger partial charge in [0.15, 0.2) is 6.04 Å². The molecule has 2 amide bonds. The third-order valence-electron chi connectivity index (χ3n) is 5.51. The van der Waals surface area contributed by atoms with Crippen molar-refractivity contribution in [2.24, 2.45) is 5.92 Å². The van der Waals surface area contributed by atoms with Crippen molar-refractivity contribution in [3.05, 3.63) is 46.2 Å². The number of nitrogens with zero attached hydrogens (tertiary/aromatic N) is 2. The maximum Gasteiger partial charge on any atom is 0.333 e. The molecule has 152 valence electrons. The lowest BCUT2D eigenvalue weighted by atomic mass is 9.97. The largest absolute Gasteiger partial charge is 0.497 e. The molecule has 0 aliphatic carbocycles. The van der Waals surface area contributed by atoms with E-state index in [9.17, 15) is 14.4 Å². The zero-order valence-electron chi connectivity index (χ0n) is 16.3. The molecule has 0 radical (unpaired) electrons. The van der Waals surface area contributed by atoms with Gasteiger partial charge in [0.2, 0.25) is 11.8 Å². The molecule has 8 heteroatoms. The van der Waals surface area contributed by atoms with E-state index in [4.69, 9.17) is 9.47 Å². The summed E-state index contributed by atoms with van der Waals surface area (Å²) < 4.78 is 10.2. The first-order chi connectivity index (χ1) is 14.0. The van der Waals surface area contributed by atoms with Gasteiger partial charge < -0.3 is 19.3 Å². The Balaban J connectivity index is 1.56. The first kappa shape index (κ1) is 19.4. The molecule has 2 aliphatic heterocycles. The van der Waals surface area contributed by atoms with Crippen LogP contribution in [-0.2, 0) is 25.5 Å². The number of carbonyl (C=O) groups is 3. The maximum atomic E-state index is 13.3. The summed E-state index contributed by atoms with van der Waals surface area (Å²) in [4.78, 5) is 42.7. The number of hydrogen-bond acceptors (Lipinski definition) is 6. The Hall–Kier alpha value is -2.87. The minimum atomic E-state index is -0.747. The number of methoxy groups -OCH3 is 2. The summed E-state index contributed by atoms with van der Waals surface area (Å²) >= 11 is 1.58. The van der Waals surface area contributed by atoms with Crippen LogP contribution in [-0.4, -0.2) is 50.0 Å². The molecule has 0 spiro atoms. The maximum absolute atomic E-state index is 13.3. The molecule has 0 bridgehead atoms. The Morgan fingerprint density at radius 1 is 1.21 bits per heavy atom. The lowest BCUT2D eigenvalue weighted by Crippen LogP contribution is -2.46. The van der Waals surface area contributed by atoms with E-state index in [0.717, 1.165) is 10.4 Å². The summed E-state index contributed by atoms with van der Waals surface area (Å²) in [6, 6.07) is 8.35. The monoisotopic (exact) mass is 414 g/mol. The predicted octanol–water partition coefficient (Wildman–Crippen LogP) is 2.41. The van der Waals surface area contributed by atoms with E-state index < -0.39 is 17.9 Å². The molecule has 1 aromatic carbocycles. The van der Waals surface area contributed by atoms with E-state index >= 15 is 0 Å². The highest BCUT2D eigenvalue weighted by molar-refractivity contribution is 7.10. The molecule has 1 saturated heterocycles. The highest BCUT2D eigenvalue weighted by atomic mass is 32.1. The number of rotatable bonds is 4. The zero-order valence-corrected chi connectivity index (χ0v) is 17.1. The average Bonchev–Trinajstić information content (AvgIpc) is 3.38. The minimum Gasteiger partial charge on any atom is -0.497 e. The topological polar surface area (TPSA) is 76.2 Å². The fourth-order valence-electron chi connectivity index (χ4n) is 4.06. The van der Waals surface area contributed by atoms with Crippen LogP contribution in [0, 0.1) is 5.92 Å². The van der Waals surface area contributed by atoms with Gasteiger partial charge >= 0.3 is 5.97 Å². The van der Waals surface area contributed by atoms with Gasteiger partial charge in [0.25, 0.3) is 0 Å². The van der Waals surface area contributed by atoms with Crippen molar-refractivity contribution < 1.29 is 23.9 Å². The van der Waals surface area contributed by atoms with Crippen LogP contribution in [0.2, 0.25) is 0 Å². The summed E-state index contributed by atoms with van der Waals surface area (Å²) in [7, 11) is 2.90. The summed E-state index contributed by atoms with van der Waals surface area (Å²) in [5.41, 5.74) is 1.53. The number of fused-ring (bicyclic) bond motifs is 1. The second kappa shape index (κ2) is 7.87. The first-order valence-electron chi connectivity index (χ1n) is 9.42. The van der Waals surface area contributed by atoms with Crippen LogP contribution in [0.4, 0.5) is 5.69 Å². The quantitative estimate of drug-likeness (QED) is 0.718. The fourth-order valence-corrected chi connectivity index (χ4v) is 4.96. The van der Waals surface area contributed by atoms with E-state index in [0.29, 0.717) is 24.4 Å². The third-order valence-corrected chi connectivity index (χ3v) is 6.51. The van der Waals surface area contributed by atoms with Crippen LogP contribution in [0.1, 0.15) is 22.9 Å². The van der Waals surface area contributed by atoms with Crippen molar-refractivity contribution in [2.45, 2.75) is 18.9 Å². The number of carbonyl (C=O) groups excluding carboxylic acids is 3. The number of hydrogen-bond donors (Lipinski definition) is 0. The number of benzene rings is 1. The first-order valence-corrected chi connectivity index (χ1v) is 10.3. The van der Waals surface area contributed by atoms with Gasteiger partial charge in [-0.3, -0.25) is 9.59 Å². The SMILES string of the molecule is COC(=O)C1c2ccsc2CCN1C(=O)C1CC(=O)N(c2cccc(OC)c2)C1. The van der Waals surface area contributed by atoms with Gasteiger partial charge in [-0.05, 0) is 35.6 Å². The Bertz CT molecular complexity index is 956. The standard InChI is InChI=1S/C21H22N2O5S/c1-27-15-5-3-4-14(11-15)23-12-13(10-18(23)24)20(25)22-8-6-17-16(7-9-29-17)19(22)21(26)28-2/h3-5,7,9,11,13,19H,6,8,10,12H2,1-2H3. The van der Waals surface area contributed by atoms with E-state index in [1.807, 2.05) is 23.6 Å². The van der Waals surface area contributed by atoms with Gasteiger partial charge in [0.1, 0.15) is 5.75 Å². The van der Waals surface area contributed by atoms with E-state index in [-0.39, 0.29) is 24.8 Å². The molecule has 0 saturated carbocycles. The Labute approximate surface area is 172 Å². The molecule has 0 N–H and O–H groups in total. The molecule has 4 rings (SSSR count). The highest BCUT2D eigenvalue weighted by Crippen LogP contribution is 2.36. The van der Waals surface area contributed by atoms with E-state index in [1.165, 1.54) is 7.11 Å². The van der Waals surface area contributed by atoms with Crippen molar-refractivity contribution in [1.29, 1.82) is 0 Å². The number of thiophene rings is 1. The predicted molar refractivity (Wildman–Crippen MR) is 108 cm³/mol. The average molecular weight is 414 g/mol. The molecule has 29 heavy (non-hydrogen) atoms.